The molecule has 3 heteroatoms. The Labute approximate surface area is 63.4 Å². The van der Waals surface area contributed by atoms with Crippen molar-refractivity contribution in [3.05, 3.63) is 0 Å². The minimum absolute atomic E-state index is 1.03. The molecule has 0 saturated carbocycles. The summed E-state index contributed by atoms with van der Waals surface area (Å²) in [6.07, 6.45) is 0. The zero-order valence-corrected chi connectivity index (χ0v) is 9.02. The Morgan fingerprint density at radius 2 is 1.67 bits per heavy atom. The third-order valence-electron chi connectivity index (χ3n) is 2.19. The predicted octanol–water partition coefficient (Wildman–Crippen LogP) is 0.372. The van der Waals surface area contributed by atoms with Crippen molar-refractivity contribution < 1.29 is 0 Å². The van der Waals surface area contributed by atoms with Crippen LogP contribution in [-0.2, 0) is 0 Å². The summed E-state index contributed by atoms with van der Waals surface area (Å²) in [6.45, 7) is 4.95. The van der Waals surface area contributed by atoms with Crippen LogP contribution in [0.5, 0.6) is 0 Å². The van der Waals surface area contributed by atoms with Gasteiger partial charge in [0.05, 0.1) is 0 Å². The van der Waals surface area contributed by atoms with Crippen LogP contribution in [0.15, 0.2) is 0 Å². The first-order valence-electron chi connectivity index (χ1n) is 3.66. The molecule has 0 N–H and O–H groups in total. The normalized spacial score (nSPS) is 23.7. The Bertz CT molecular complexity index is 87.1. The zero-order valence-electron chi connectivity index (χ0n) is 6.59. The maximum atomic E-state index is 2.59. The van der Waals surface area contributed by atoms with E-state index in [9.17, 15) is 0 Å². The Kier molecular flexibility index (Phi) is 2.64. The molecule has 0 radical (unpaired) electrons. The number of hydrogen-bond acceptors (Lipinski definition) is 2. The van der Waals surface area contributed by atoms with E-state index in [4.69, 9.17) is 0 Å². The molecule has 0 amide bonds. The molecule has 1 aliphatic rings. The van der Waals surface area contributed by atoms with Gasteiger partial charge in [0.2, 0.25) is 0 Å². The fourth-order valence-electron chi connectivity index (χ4n) is 1.57. The van der Waals surface area contributed by atoms with Gasteiger partial charge in [0.15, 0.2) is 0 Å². The molecule has 0 spiro atoms. The van der Waals surface area contributed by atoms with Gasteiger partial charge in [0.1, 0.15) is 0 Å². The summed E-state index contributed by atoms with van der Waals surface area (Å²) in [7, 11) is 4.55. The Morgan fingerprint density at radius 1 is 1.22 bits per heavy atom. The van der Waals surface area contributed by atoms with Crippen molar-refractivity contribution in [1.29, 1.82) is 0 Å². The fourth-order valence-corrected chi connectivity index (χ4v) is 7.34. The summed E-state index contributed by atoms with van der Waals surface area (Å²) < 4.78 is 5.18. The van der Waals surface area contributed by atoms with Gasteiger partial charge in [-0.3, -0.25) is 0 Å². The molecule has 1 heterocycles. The van der Waals surface area contributed by atoms with Gasteiger partial charge >= 0.3 is 63.0 Å². The third-order valence-corrected chi connectivity index (χ3v) is 9.07. The van der Waals surface area contributed by atoms with E-state index in [1.807, 2.05) is 0 Å². The van der Waals surface area contributed by atoms with E-state index in [0.717, 1.165) is 0 Å². The number of nitrogens with zero attached hydrogens (tertiary/aromatic N) is 2. The van der Waals surface area contributed by atoms with E-state index in [0.29, 0.717) is 0 Å². The first kappa shape index (κ1) is 7.66. The minimum atomic E-state index is -1.03. The van der Waals surface area contributed by atoms with Crippen molar-refractivity contribution in [2.75, 3.05) is 27.2 Å². The second-order valence-electron chi connectivity index (χ2n) is 2.85. The number of likely N-dealkylation sites (N-methyl/N-ethyl adjacent to an activating group) is 2. The summed E-state index contributed by atoms with van der Waals surface area (Å²) in [5, 5.41) is 0. The van der Waals surface area contributed by atoms with Gasteiger partial charge in [0, 0.05) is 0 Å². The molecule has 0 bridgehead atoms. The van der Waals surface area contributed by atoms with E-state index in [1.165, 1.54) is 18.1 Å². The van der Waals surface area contributed by atoms with Crippen LogP contribution in [-0.4, -0.2) is 51.1 Å². The van der Waals surface area contributed by atoms with E-state index >= 15 is 0 Å². The molecule has 0 atom stereocenters. The molecule has 0 unspecified atom stereocenters. The average Bonchev–Trinajstić information content (AvgIpc) is 2.12. The van der Waals surface area contributed by atoms with Crippen LogP contribution in [0.3, 0.4) is 0 Å². The first-order valence-corrected chi connectivity index (χ1v) is 7.54. The molecule has 0 aromatic rings. The van der Waals surface area contributed by atoms with Crippen LogP contribution in [0.1, 0.15) is 6.92 Å². The monoisotopic (exact) mass is 184 g/mol. The van der Waals surface area contributed by atoms with Crippen molar-refractivity contribution >= 4 is 16.7 Å². The van der Waals surface area contributed by atoms with Gasteiger partial charge in [-0.05, 0) is 0 Å². The predicted molar refractivity (Wildman–Crippen MR) is 41.5 cm³/mol. The quantitative estimate of drug-likeness (QED) is 0.544. The summed E-state index contributed by atoms with van der Waals surface area (Å²) in [5.74, 6) is 0. The Morgan fingerprint density at radius 3 is 1.89 bits per heavy atom. The molecule has 0 aromatic carbocycles. The molecule has 1 aliphatic heterocycles. The summed E-state index contributed by atoms with van der Waals surface area (Å²) in [4.78, 5) is 1.43. The SMILES string of the molecule is C[CH2][Ga]1[N](C)CC[N]1C. The molecule has 1 fully saturated rings. The second-order valence-corrected chi connectivity index (χ2v) is 10.3. The molecule has 52 valence electrons. The molecule has 0 aromatic heterocycles. The van der Waals surface area contributed by atoms with Crippen molar-refractivity contribution in [2.45, 2.75) is 11.9 Å². The molecular weight excluding hydrogens is 170 g/mol. The maximum absolute atomic E-state index is 2.59. The first-order chi connectivity index (χ1) is 4.25. The van der Waals surface area contributed by atoms with E-state index in [-0.39, 0.29) is 0 Å². The zero-order chi connectivity index (χ0) is 6.85. The summed E-state index contributed by atoms with van der Waals surface area (Å²) >= 11 is -1.03. The van der Waals surface area contributed by atoms with E-state index in [1.54, 1.807) is 0 Å². The summed E-state index contributed by atoms with van der Waals surface area (Å²) in [5.41, 5.74) is 0. The number of rotatable bonds is 1. The molecule has 1 saturated heterocycles. The average molecular weight is 185 g/mol. The van der Waals surface area contributed by atoms with Crippen LogP contribution in [0, 0.1) is 0 Å². The van der Waals surface area contributed by atoms with E-state index < -0.39 is 16.7 Å². The topological polar surface area (TPSA) is 6.48 Å². The van der Waals surface area contributed by atoms with E-state index in [2.05, 4.69) is 28.2 Å². The molecular formula is C6H15GaN2. The van der Waals surface area contributed by atoms with Gasteiger partial charge in [0.25, 0.3) is 0 Å². The van der Waals surface area contributed by atoms with Crippen LogP contribution in [0.25, 0.3) is 0 Å². The second kappa shape index (κ2) is 3.10. The summed E-state index contributed by atoms with van der Waals surface area (Å²) in [6, 6.07) is 0. The van der Waals surface area contributed by atoms with Crippen molar-refractivity contribution in [3.63, 3.8) is 0 Å². The van der Waals surface area contributed by atoms with Crippen molar-refractivity contribution in [2.24, 2.45) is 0 Å². The third kappa shape index (κ3) is 1.52. The van der Waals surface area contributed by atoms with Crippen LogP contribution >= 0.6 is 0 Å². The fraction of sp³-hybridized carbons (Fsp3) is 1.00. The molecule has 1 rings (SSSR count). The van der Waals surface area contributed by atoms with Crippen molar-refractivity contribution in [1.82, 2.24) is 7.21 Å². The van der Waals surface area contributed by atoms with Gasteiger partial charge in [-0.2, -0.15) is 0 Å². The van der Waals surface area contributed by atoms with Gasteiger partial charge < -0.3 is 0 Å². The van der Waals surface area contributed by atoms with Gasteiger partial charge in [-0.15, -0.1) is 0 Å². The molecule has 0 aliphatic carbocycles. The van der Waals surface area contributed by atoms with Crippen LogP contribution < -0.4 is 0 Å². The van der Waals surface area contributed by atoms with Crippen LogP contribution in [0.4, 0.5) is 0 Å². The Hall–Kier alpha value is 0.556. The van der Waals surface area contributed by atoms with Crippen LogP contribution in [0.2, 0.25) is 4.98 Å². The molecule has 9 heavy (non-hydrogen) atoms. The standard InChI is InChI=1S/C4H10N2.C2H5.Ga/c1-5-3-4-6-2;1-2;/h3-4H2,1-2H3;1H2,2H3;/q-2;;+2. The number of hydrogen-bond donors (Lipinski definition) is 0. The van der Waals surface area contributed by atoms with Crippen molar-refractivity contribution in [3.8, 4) is 0 Å². The van der Waals surface area contributed by atoms with Gasteiger partial charge in [-0.1, -0.05) is 0 Å². The van der Waals surface area contributed by atoms with Gasteiger partial charge in [-0.25, -0.2) is 0 Å². The Balaban J connectivity index is 2.44. The molecule has 2 nitrogen and oxygen atoms in total.